The molecule has 0 fully saturated rings. The fraction of sp³-hybridized carbons (Fsp3) is 0.667. The van der Waals surface area contributed by atoms with Crippen LogP contribution < -0.4 is 5.56 Å². The maximum Gasteiger partial charge on any atom is 0.253 e. The lowest BCUT2D eigenvalue weighted by atomic mass is 10.2. The van der Waals surface area contributed by atoms with E-state index < -0.39 is 6.67 Å². The van der Waals surface area contributed by atoms with Crippen molar-refractivity contribution >= 4 is 5.91 Å². The molecular formula is C15H23FN4O2. The Morgan fingerprint density at radius 2 is 2.18 bits per heavy atom. The molecule has 1 aromatic rings. The number of hydrogen-bond donors (Lipinski definition) is 0. The van der Waals surface area contributed by atoms with Gasteiger partial charge in [-0.3, -0.25) is 23.4 Å². The summed E-state index contributed by atoms with van der Waals surface area (Å²) in [5, 5.41) is 0. The van der Waals surface area contributed by atoms with Crippen molar-refractivity contribution in [3.63, 3.8) is 0 Å². The third kappa shape index (κ3) is 3.71. The Kier molecular flexibility index (Phi) is 5.28. The predicted octanol–water partition coefficient (Wildman–Crippen LogP) is 0.785. The molecule has 1 amide bonds. The minimum absolute atomic E-state index is 0.0882. The third-order valence-electron chi connectivity index (χ3n) is 4.02. The Labute approximate surface area is 129 Å². The molecule has 122 valence electrons. The number of halogens is 1. The van der Waals surface area contributed by atoms with Crippen molar-refractivity contribution in [2.75, 3.05) is 20.3 Å². The van der Waals surface area contributed by atoms with Crippen LogP contribution in [0.15, 0.2) is 10.9 Å². The van der Waals surface area contributed by atoms with E-state index in [4.69, 9.17) is 0 Å². The summed E-state index contributed by atoms with van der Waals surface area (Å²) in [6.07, 6.45) is -0.111. The molecule has 0 unspecified atom stereocenters. The third-order valence-corrected chi connectivity index (χ3v) is 4.02. The first kappa shape index (κ1) is 16.6. The van der Waals surface area contributed by atoms with Gasteiger partial charge in [0, 0.05) is 31.7 Å². The van der Waals surface area contributed by atoms with Crippen molar-refractivity contribution in [1.82, 2.24) is 19.4 Å². The van der Waals surface area contributed by atoms with Gasteiger partial charge in [0.15, 0.2) is 0 Å². The summed E-state index contributed by atoms with van der Waals surface area (Å²) in [5.74, 6) is 0.353. The van der Waals surface area contributed by atoms with E-state index in [2.05, 4.69) is 23.7 Å². The topological polar surface area (TPSA) is 58.4 Å². The number of aromatic nitrogens is 2. The van der Waals surface area contributed by atoms with E-state index in [1.165, 1.54) is 0 Å². The van der Waals surface area contributed by atoms with Crippen molar-refractivity contribution < 1.29 is 9.18 Å². The fourth-order valence-electron chi connectivity index (χ4n) is 2.41. The highest BCUT2D eigenvalue weighted by Gasteiger charge is 2.22. The van der Waals surface area contributed by atoms with Crippen LogP contribution in [0.5, 0.6) is 0 Å². The number of alkyl halides is 1. The lowest BCUT2D eigenvalue weighted by molar-refractivity contribution is -0.133. The van der Waals surface area contributed by atoms with Crippen LogP contribution in [0.1, 0.15) is 31.8 Å². The van der Waals surface area contributed by atoms with Crippen molar-refractivity contribution in [2.24, 2.45) is 0 Å². The number of amides is 1. The van der Waals surface area contributed by atoms with Crippen molar-refractivity contribution in [3.8, 4) is 0 Å². The number of carbonyl (C=O) groups is 1. The largest absolute Gasteiger partial charge is 0.333 e. The van der Waals surface area contributed by atoms with Gasteiger partial charge in [-0.05, 0) is 20.9 Å². The van der Waals surface area contributed by atoms with Gasteiger partial charge in [-0.2, -0.15) is 0 Å². The zero-order chi connectivity index (χ0) is 16.3. The van der Waals surface area contributed by atoms with E-state index in [1.807, 2.05) is 7.05 Å². The first-order valence-corrected chi connectivity index (χ1v) is 7.56. The molecule has 7 heteroatoms. The standard InChI is InChI=1S/C15H23FN4O2/c1-11(2)18(3)9-12-8-15(22)20-7-6-19(10-13(20)17-12)14(21)4-5-16/h8,11H,4-7,9-10H2,1-3H3. The molecule has 22 heavy (non-hydrogen) atoms. The summed E-state index contributed by atoms with van der Waals surface area (Å²) in [4.78, 5) is 32.2. The van der Waals surface area contributed by atoms with E-state index >= 15 is 0 Å². The molecule has 0 aromatic carbocycles. The highest BCUT2D eigenvalue weighted by Crippen LogP contribution is 2.11. The molecule has 6 nitrogen and oxygen atoms in total. The monoisotopic (exact) mass is 310 g/mol. The number of fused-ring (bicyclic) bond motifs is 1. The SMILES string of the molecule is CC(C)N(C)Cc1cc(=O)n2c(n1)CN(C(=O)CCF)CC2. The van der Waals surface area contributed by atoms with E-state index in [-0.39, 0.29) is 24.4 Å². The van der Waals surface area contributed by atoms with Crippen LogP contribution >= 0.6 is 0 Å². The zero-order valence-corrected chi connectivity index (χ0v) is 13.4. The molecule has 0 saturated carbocycles. The molecule has 0 saturated heterocycles. The van der Waals surface area contributed by atoms with Gasteiger partial charge in [-0.15, -0.1) is 0 Å². The lowest BCUT2D eigenvalue weighted by Crippen LogP contribution is -2.43. The van der Waals surface area contributed by atoms with Gasteiger partial charge < -0.3 is 4.90 Å². The zero-order valence-electron chi connectivity index (χ0n) is 13.4. The lowest BCUT2D eigenvalue weighted by Gasteiger charge is -2.29. The normalized spacial score (nSPS) is 14.5. The minimum atomic E-state index is -0.658. The van der Waals surface area contributed by atoms with Crippen LogP contribution in [0.4, 0.5) is 4.39 Å². The van der Waals surface area contributed by atoms with Crippen molar-refractivity contribution in [1.29, 1.82) is 0 Å². The number of rotatable bonds is 5. The molecule has 1 aliphatic heterocycles. The van der Waals surface area contributed by atoms with Crippen LogP contribution in [0.2, 0.25) is 0 Å². The number of hydrogen-bond acceptors (Lipinski definition) is 4. The van der Waals surface area contributed by atoms with Gasteiger partial charge in [-0.1, -0.05) is 0 Å². The highest BCUT2D eigenvalue weighted by molar-refractivity contribution is 5.76. The summed E-state index contributed by atoms with van der Waals surface area (Å²) in [7, 11) is 1.97. The van der Waals surface area contributed by atoms with Crippen LogP contribution in [0.25, 0.3) is 0 Å². The Morgan fingerprint density at radius 1 is 1.45 bits per heavy atom. The van der Waals surface area contributed by atoms with Gasteiger partial charge in [-0.25, -0.2) is 4.98 Å². The van der Waals surface area contributed by atoms with Crippen LogP contribution in [-0.2, 0) is 24.4 Å². The second-order valence-electron chi connectivity index (χ2n) is 5.92. The number of carbonyl (C=O) groups excluding carboxylic acids is 1. The molecule has 0 bridgehead atoms. The first-order chi connectivity index (χ1) is 10.4. The smallest absolute Gasteiger partial charge is 0.253 e. The molecule has 0 radical (unpaired) electrons. The predicted molar refractivity (Wildman–Crippen MR) is 81.1 cm³/mol. The van der Waals surface area contributed by atoms with Crippen LogP contribution in [0.3, 0.4) is 0 Å². The summed E-state index contributed by atoms with van der Waals surface area (Å²) < 4.78 is 13.9. The van der Waals surface area contributed by atoms with E-state index in [0.717, 1.165) is 0 Å². The van der Waals surface area contributed by atoms with E-state index in [1.54, 1.807) is 15.5 Å². The Hall–Kier alpha value is -1.76. The average molecular weight is 310 g/mol. The Bertz CT molecular complexity index is 600. The molecule has 2 rings (SSSR count). The van der Waals surface area contributed by atoms with Crippen molar-refractivity contribution in [3.05, 3.63) is 27.9 Å². The molecule has 0 spiro atoms. The maximum absolute atomic E-state index is 12.3. The van der Waals surface area contributed by atoms with Gasteiger partial charge in [0.25, 0.3) is 5.56 Å². The van der Waals surface area contributed by atoms with Gasteiger partial charge in [0.1, 0.15) is 5.82 Å². The fourth-order valence-corrected chi connectivity index (χ4v) is 2.41. The molecule has 0 aliphatic carbocycles. The van der Waals surface area contributed by atoms with Gasteiger partial charge >= 0.3 is 0 Å². The summed E-state index contributed by atoms with van der Waals surface area (Å²) in [6, 6.07) is 1.91. The molecule has 0 atom stereocenters. The van der Waals surface area contributed by atoms with E-state index in [0.29, 0.717) is 37.2 Å². The van der Waals surface area contributed by atoms with Crippen molar-refractivity contribution in [2.45, 2.75) is 45.9 Å². The Morgan fingerprint density at radius 3 is 2.82 bits per heavy atom. The van der Waals surface area contributed by atoms with Gasteiger partial charge in [0.05, 0.1) is 25.3 Å². The average Bonchev–Trinajstić information content (AvgIpc) is 2.46. The Balaban J connectivity index is 2.20. The minimum Gasteiger partial charge on any atom is -0.333 e. The molecular weight excluding hydrogens is 287 g/mol. The molecule has 2 heterocycles. The second kappa shape index (κ2) is 7.00. The molecule has 1 aromatic heterocycles. The quantitative estimate of drug-likeness (QED) is 0.807. The molecule has 1 aliphatic rings. The number of nitrogens with zero attached hydrogens (tertiary/aromatic N) is 4. The highest BCUT2D eigenvalue weighted by atomic mass is 19.1. The first-order valence-electron chi connectivity index (χ1n) is 7.56. The summed E-state index contributed by atoms with van der Waals surface area (Å²) >= 11 is 0. The summed E-state index contributed by atoms with van der Waals surface area (Å²) in [6.45, 7) is 5.19. The maximum atomic E-state index is 12.3. The summed E-state index contributed by atoms with van der Waals surface area (Å²) in [5.41, 5.74) is 0.613. The van der Waals surface area contributed by atoms with Crippen LogP contribution in [0, 0.1) is 0 Å². The van der Waals surface area contributed by atoms with Gasteiger partial charge in [0.2, 0.25) is 5.91 Å². The second-order valence-corrected chi connectivity index (χ2v) is 5.92. The van der Waals surface area contributed by atoms with E-state index in [9.17, 15) is 14.0 Å². The molecule has 0 N–H and O–H groups in total. The van der Waals surface area contributed by atoms with Crippen LogP contribution in [-0.4, -0.2) is 51.6 Å².